The summed E-state index contributed by atoms with van der Waals surface area (Å²) in [6.45, 7) is 8.35. The molecule has 0 spiro atoms. The number of benzene rings is 1. The van der Waals surface area contributed by atoms with Crippen molar-refractivity contribution in [2.24, 2.45) is 0 Å². The molecule has 1 aromatic rings. The van der Waals surface area contributed by atoms with Crippen molar-refractivity contribution in [1.29, 1.82) is 0 Å². The Balaban J connectivity index is 2.24. The van der Waals surface area contributed by atoms with E-state index in [-0.39, 0.29) is 29.1 Å². The molecule has 1 heterocycles. The zero-order chi connectivity index (χ0) is 17.2. The van der Waals surface area contributed by atoms with Gasteiger partial charge in [-0.3, -0.25) is 4.79 Å². The molecule has 6 nitrogen and oxygen atoms in total. The summed E-state index contributed by atoms with van der Waals surface area (Å²) in [5, 5.41) is 0. The largest absolute Gasteiger partial charge is 0.372 e. The average Bonchev–Trinajstić information content (AvgIpc) is 2.44. The summed E-state index contributed by atoms with van der Waals surface area (Å²) >= 11 is 0. The van der Waals surface area contributed by atoms with E-state index in [2.05, 4.69) is 4.72 Å². The van der Waals surface area contributed by atoms with E-state index in [9.17, 15) is 13.2 Å². The molecule has 0 saturated carbocycles. The van der Waals surface area contributed by atoms with E-state index in [1.54, 1.807) is 30.9 Å². The minimum Gasteiger partial charge on any atom is -0.372 e. The highest BCUT2D eigenvalue weighted by Crippen LogP contribution is 2.17. The van der Waals surface area contributed by atoms with Crippen molar-refractivity contribution in [2.45, 2.75) is 50.8 Å². The van der Waals surface area contributed by atoms with Gasteiger partial charge in [0.25, 0.3) is 5.91 Å². The molecular formula is C16H24N2O4S. The summed E-state index contributed by atoms with van der Waals surface area (Å²) in [7, 11) is -3.61. The summed E-state index contributed by atoms with van der Waals surface area (Å²) in [5.74, 6) is -0.173. The summed E-state index contributed by atoms with van der Waals surface area (Å²) < 4.78 is 32.6. The molecule has 23 heavy (non-hydrogen) atoms. The standard InChI is InChI=1S/C16H24N2O4S/c1-11(2)17-23(20,21)15-7-5-6-14(8-15)16(19)18-9-12(3)22-13(4)10-18/h5-8,11-13,17H,9-10H2,1-4H3. The number of nitrogens with zero attached hydrogens (tertiary/aromatic N) is 1. The van der Waals surface area contributed by atoms with Crippen LogP contribution in [0.1, 0.15) is 38.1 Å². The fraction of sp³-hybridized carbons (Fsp3) is 0.562. The second-order valence-corrected chi connectivity index (χ2v) is 7.99. The number of hydrogen-bond acceptors (Lipinski definition) is 4. The lowest BCUT2D eigenvalue weighted by atomic mass is 10.1. The summed E-state index contributed by atoms with van der Waals surface area (Å²) in [6.07, 6.45) is -0.0607. The Labute approximate surface area is 137 Å². The summed E-state index contributed by atoms with van der Waals surface area (Å²) in [4.78, 5) is 14.5. The number of sulfonamides is 1. The second-order valence-electron chi connectivity index (χ2n) is 6.27. The van der Waals surface area contributed by atoms with Crippen LogP contribution >= 0.6 is 0 Å². The van der Waals surface area contributed by atoms with Crippen LogP contribution in [0.25, 0.3) is 0 Å². The van der Waals surface area contributed by atoms with Crippen molar-refractivity contribution in [1.82, 2.24) is 9.62 Å². The Morgan fingerprint density at radius 2 is 1.87 bits per heavy atom. The first kappa shape index (κ1) is 17.9. The highest BCUT2D eigenvalue weighted by atomic mass is 32.2. The Kier molecular flexibility index (Phi) is 5.44. The van der Waals surface area contributed by atoms with Gasteiger partial charge in [0, 0.05) is 24.7 Å². The fourth-order valence-corrected chi connectivity index (χ4v) is 4.00. The van der Waals surface area contributed by atoms with Gasteiger partial charge in [-0.2, -0.15) is 0 Å². The van der Waals surface area contributed by atoms with Crippen LogP contribution in [0.5, 0.6) is 0 Å². The first-order chi connectivity index (χ1) is 10.7. The first-order valence-electron chi connectivity index (χ1n) is 7.76. The van der Waals surface area contributed by atoms with Gasteiger partial charge in [0.15, 0.2) is 0 Å². The predicted molar refractivity (Wildman–Crippen MR) is 87.8 cm³/mol. The number of ether oxygens (including phenoxy) is 1. The molecule has 1 saturated heterocycles. The SMILES string of the molecule is CC(C)NS(=O)(=O)c1cccc(C(=O)N2CC(C)OC(C)C2)c1. The van der Waals surface area contributed by atoms with Crippen LogP contribution < -0.4 is 4.72 Å². The first-order valence-corrected chi connectivity index (χ1v) is 9.24. The lowest BCUT2D eigenvalue weighted by Gasteiger charge is -2.35. The Bertz CT molecular complexity index is 662. The highest BCUT2D eigenvalue weighted by Gasteiger charge is 2.27. The molecule has 1 N–H and O–H groups in total. The van der Waals surface area contributed by atoms with Crippen LogP contribution in [-0.4, -0.2) is 50.6 Å². The molecular weight excluding hydrogens is 316 g/mol. The van der Waals surface area contributed by atoms with Gasteiger partial charge >= 0.3 is 0 Å². The third kappa shape index (κ3) is 4.53. The van der Waals surface area contributed by atoms with Gasteiger partial charge in [0.2, 0.25) is 10.0 Å². The van der Waals surface area contributed by atoms with E-state index in [1.807, 2.05) is 13.8 Å². The van der Waals surface area contributed by atoms with E-state index >= 15 is 0 Å². The number of hydrogen-bond donors (Lipinski definition) is 1. The smallest absolute Gasteiger partial charge is 0.254 e. The van der Waals surface area contributed by atoms with E-state index < -0.39 is 10.0 Å². The third-order valence-corrected chi connectivity index (χ3v) is 5.15. The molecule has 2 atom stereocenters. The maximum Gasteiger partial charge on any atom is 0.254 e. The van der Waals surface area contributed by atoms with Crippen LogP contribution in [0.2, 0.25) is 0 Å². The number of nitrogens with one attached hydrogen (secondary N) is 1. The zero-order valence-corrected chi connectivity index (χ0v) is 14.8. The maximum absolute atomic E-state index is 12.6. The molecule has 0 bridgehead atoms. The number of morpholine rings is 1. The number of amides is 1. The van der Waals surface area contributed by atoms with Gasteiger partial charge in [-0.15, -0.1) is 0 Å². The molecule has 0 aromatic heterocycles. The molecule has 1 aliphatic rings. The summed E-state index contributed by atoms with van der Waals surface area (Å²) in [5.41, 5.74) is 0.373. The van der Waals surface area contributed by atoms with Gasteiger partial charge in [-0.25, -0.2) is 13.1 Å². The molecule has 1 fully saturated rings. The van der Waals surface area contributed by atoms with Gasteiger partial charge in [0.1, 0.15) is 0 Å². The molecule has 1 amide bonds. The van der Waals surface area contributed by atoms with E-state index in [4.69, 9.17) is 4.74 Å². The molecule has 128 valence electrons. The maximum atomic E-state index is 12.6. The van der Waals surface area contributed by atoms with Gasteiger partial charge in [0.05, 0.1) is 17.1 Å². The van der Waals surface area contributed by atoms with Crippen LogP contribution in [0.3, 0.4) is 0 Å². The topological polar surface area (TPSA) is 75.7 Å². The van der Waals surface area contributed by atoms with E-state index in [0.29, 0.717) is 18.7 Å². The van der Waals surface area contributed by atoms with Crippen LogP contribution in [0.15, 0.2) is 29.2 Å². The third-order valence-electron chi connectivity index (χ3n) is 3.49. The lowest BCUT2D eigenvalue weighted by molar-refractivity contribution is -0.0586. The number of carbonyl (C=O) groups excluding carboxylic acids is 1. The number of rotatable bonds is 4. The Morgan fingerprint density at radius 3 is 2.43 bits per heavy atom. The molecule has 2 unspecified atom stereocenters. The minimum absolute atomic E-state index is 0.0303. The number of carbonyl (C=O) groups is 1. The molecule has 7 heteroatoms. The minimum atomic E-state index is -3.61. The van der Waals surface area contributed by atoms with Gasteiger partial charge in [-0.05, 0) is 45.9 Å². The fourth-order valence-electron chi connectivity index (χ4n) is 2.70. The van der Waals surface area contributed by atoms with Crippen LogP contribution in [0, 0.1) is 0 Å². The van der Waals surface area contributed by atoms with Gasteiger partial charge < -0.3 is 9.64 Å². The zero-order valence-electron chi connectivity index (χ0n) is 13.9. The molecule has 0 aliphatic carbocycles. The van der Waals surface area contributed by atoms with Crippen molar-refractivity contribution in [2.75, 3.05) is 13.1 Å². The average molecular weight is 340 g/mol. The van der Waals surface area contributed by atoms with Crippen molar-refractivity contribution < 1.29 is 17.9 Å². The summed E-state index contributed by atoms with van der Waals surface area (Å²) in [6, 6.07) is 5.95. The van der Waals surface area contributed by atoms with Crippen LogP contribution in [0.4, 0.5) is 0 Å². The predicted octanol–water partition coefficient (Wildman–Crippen LogP) is 1.62. The molecule has 2 rings (SSSR count). The molecule has 1 aromatic carbocycles. The van der Waals surface area contributed by atoms with E-state index in [0.717, 1.165) is 0 Å². The molecule has 1 aliphatic heterocycles. The molecule has 0 radical (unpaired) electrons. The van der Waals surface area contributed by atoms with Crippen molar-refractivity contribution in [3.63, 3.8) is 0 Å². The van der Waals surface area contributed by atoms with Crippen molar-refractivity contribution in [3.8, 4) is 0 Å². The van der Waals surface area contributed by atoms with Crippen molar-refractivity contribution in [3.05, 3.63) is 29.8 Å². The Hall–Kier alpha value is -1.44. The normalized spacial score (nSPS) is 22.4. The van der Waals surface area contributed by atoms with E-state index in [1.165, 1.54) is 12.1 Å². The highest BCUT2D eigenvalue weighted by molar-refractivity contribution is 7.89. The quantitative estimate of drug-likeness (QED) is 0.904. The monoisotopic (exact) mass is 340 g/mol. The van der Waals surface area contributed by atoms with Gasteiger partial charge in [-0.1, -0.05) is 6.07 Å². The van der Waals surface area contributed by atoms with Crippen molar-refractivity contribution >= 4 is 15.9 Å². The lowest BCUT2D eigenvalue weighted by Crippen LogP contribution is -2.48. The second kappa shape index (κ2) is 6.98. The Morgan fingerprint density at radius 1 is 1.26 bits per heavy atom. The van der Waals surface area contributed by atoms with Crippen LogP contribution in [-0.2, 0) is 14.8 Å².